The number of anilines is 1. The summed E-state index contributed by atoms with van der Waals surface area (Å²) in [5, 5.41) is 2.28. The number of rotatable bonds is 6. The van der Waals surface area contributed by atoms with Crippen LogP contribution in [0.25, 0.3) is 0 Å². The molecule has 1 amide bonds. The van der Waals surface area contributed by atoms with Crippen molar-refractivity contribution in [2.75, 3.05) is 5.32 Å². The van der Waals surface area contributed by atoms with Gasteiger partial charge in [-0.1, -0.05) is 6.92 Å². The maximum atomic E-state index is 13.5. The predicted molar refractivity (Wildman–Crippen MR) is 86.1 cm³/mol. The lowest BCUT2D eigenvalue weighted by Gasteiger charge is -2.15. The van der Waals surface area contributed by atoms with Gasteiger partial charge < -0.3 is 10.1 Å². The molecule has 126 valence electrons. The van der Waals surface area contributed by atoms with Crippen molar-refractivity contribution in [2.24, 2.45) is 0 Å². The van der Waals surface area contributed by atoms with Gasteiger partial charge in [-0.25, -0.2) is 8.78 Å². The average molecular weight is 333 g/mol. The van der Waals surface area contributed by atoms with E-state index in [4.69, 9.17) is 4.74 Å². The topological polar surface area (TPSA) is 55.4 Å². The van der Waals surface area contributed by atoms with Gasteiger partial charge in [-0.05, 0) is 43.3 Å². The summed E-state index contributed by atoms with van der Waals surface area (Å²) >= 11 is 0. The molecule has 2 aromatic carbocycles. The van der Waals surface area contributed by atoms with Crippen LogP contribution in [0.5, 0.6) is 5.75 Å². The van der Waals surface area contributed by atoms with Gasteiger partial charge in [0.2, 0.25) is 0 Å². The van der Waals surface area contributed by atoms with E-state index < -0.39 is 23.6 Å². The summed E-state index contributed by atoms with van der Waals surface area (Å²) < 4.78 is 32.1. The Morgan fingerprint density at radius 1 is 1.12 bits per heavy atom. The number of ketones is 1. The summed E-state index contributed by atoms with van der Waals surface area (Å²) in [4.78, 5) is 23.6. The van der Waals surface area contributed by atoms with Crippen molar-refractivity contribution in [3.8, 4) is 5.75 Å². The molecule has 1 unspecified atom stereocenters. The molecule has 0 aliphatic heterocycles. The highest BCUT2D eigenvalue weighted by Crippen LogP contribution is 2.18. The molecule has 0 bridgehead atoms. The van der Waals surface area contributed by atoms with Crippen molar-refractivity contribution in [1.82, 2.24) is 0 Å². The van der Waals surface area contributed by atoms with Crippen LogP contribution in [0.3, 0.4) is 0 Å². The molecule has 0 radical (unpaired) electrons. The van der Waals surface area contributed by atoms with Crippen LogP contribution < -0.4 is 10.1 Å². The van der Waals surface area contributed by atoms with Crippen molar-refractivity contribution in [3.05, 3.63) is 59.7 Å². The molecule has 0 aliphatic carbocycles. The molecule has 0 saturated carbocycles. The maximum Gasteiger partial charge on any atom is 0.265 e. The summed E-state index contributed by atoms with van der Waals surface area (Å²) in [6, 6.07) is 9.16. The Balaban J connectivity index is 2.01. The van der Waals surface area contributed by atoms with Crippen molar-refractivity contribution < 1.29 is 23.1 Å². The first-order valence-electron chi connectivity index (χ1n) is 7.46. The molecule has 4 nitrogen and oxygen atoms in total. The predicted octanol–water partition coefficient (Wildman–Crippen LogP) is 3.96. The van der Waals surface area contributed by atoms with Gasteiger partial charge in [0.25, 0.3) is 5.91 Å². The fourth-order valence-electron chi connectivity index (χ4n) is 2.01. The number of carbonyl (C=O) groups is 2. The van der Waals surface area contributed by atoms with Crippen LogP contribution in [0, 0.1) is 11.6 Å². The standard InChI is InChI=1S/C18H17F2NO3/c1-3-17(22)12-4-7-14(8-5-12)24-11(2)18(23)21-16-10-13(19)6-9-15(16)20/h4-11H,3H2,1-2H3,(H,21,23). The highest BCUT2D eigenvalue weighted by Gasteiger charge is 2.17. The van der Waals surface area contributed by atoms with Gasteiger partial charge in [0.15, 0.2) is 11.9 Å². The zero-order valence-electron chi connectivity index (χ0n) is 13.3. The van der Waals surface area contributed by atoms with Gasteiger partial charge in [-0.15, -0.1) is 0 Å². The van der Waals surface area contributed by atoms with Crippen LogP contribution in [-0.4, -0.2) is 17.8 Å². The summed E-state index contributed by atoms with van der Waals surface area (Å²) in [7, 11) is 0. The second-order valence-corrected chi connectivity index (χ2v) is 5.17. The smallest absolute Gasteiger partial charge is 0.265 e. The SMILES string of the molecule is CCC(=O)c1ccc(OC(C)C(=O)Nc2cc(F)ccc2F)cc1. The summed E-state index contributed by atoms with van der Waals surface area (Å²) in [5.74, 6) is -1.61. The van der Waals surface area contributed by atoms with E-state index in [0.717, 1.165) is 18.2 Å². The average Bonchev–Trinajstić information content (AvgIpc) is 2.58. The zero-order chi connectivity index (χ0) is 17.7. The van der Waals surface area contributed by atoms with Crippen molar-refractivity contribution in [2.45, 2.75) is 26.4 Å². The van der Waals surface area contributed by atoms with Gasteiger partial charge in [0.05, 0.1) is 5.69 Å². The largest absolute Gasteiger partial charge is 0.481 e. The molecule has 24 heavy (non-hydrogen) atoms. The molecule has 0 spiro atoms. The Labute approximate surface area is 138 Å². The molecule has 0 fully saturated rings. The van der Waals surface area contributed by atoms with E-state index in [0.29, 0.717) is 17.7 Å². The van der Waals surface area contributed by atoms with Crippen molar-refractivity contribution >= 4 is 17.4 Å². The molecule has 0 heterocycles. The van der Waals surface area contributed by atoms with Crippen LogP contribution in [-0.2, 0) is 4.79 Å². The number of amides is 1. The van der Waals surface area contributed by atoms with Gasteiger partial charge in [0, 0.05) is 18.1 Å². The third-order valence-electron chi connectivity index (χ3n) is 3.37. The Bertz CT molecular complexity index is 744. The molecule has 1 atom stereocenters. The van der Waals surface area contributed by atoms with Gasteiger partial charge in [-0.3, -0.25) is 9.59 Å². The first-order valence-corrected chi connectivity index (χ1v) is 7.46. The van der Waals surface area contributed by atoms with E-state index in [1.165, 1.54) is 6.92 Å². The molecule has 0 aliphatic rings. The van der Waals surface area contributed by atoms with Gasteiger partial charge >= 0.3 is 0 Å². The monoisotopic (exact) mass is 333 g/mol. The molecular weight excluding hydrogens is 316 g/mol. The van der Waals surface area contributed by atoms with Crippen LogP contribution in [0.15, 0.2) is 42.5 Å². The second kappa shape index (κ2) is 7.68. The number of Topliss-reactive ketones (excluding diaryl/α,β-unsaturated/α-hetero) is 1. The Morgan fingerprint density at radius 3 is 2.42 bits per heavy atom. The van der Waals surface area contributed by atoms with Crippen LogP contribution >= 0.6 is 0 Å². The lowest BCUT2D eigenvalue weighted by molar-refractivity contribution is -0.122. The zero-order valence-corrected chi connectivity index (χ0v) is 13.3. The minimum Gasteiger partial charge on any atom is -0.481 e. The third-order valence-corrected chi connectivity index (χ3v) is 3.37. The van der Waals surface area contributed by atoms with E-state index in [9.17, 15) is 18.4 Å². The van der Waals surface area contributed by atoms with Crippen molar-refractivity contribution in [1.29, 1.82) is 0 Å². The first kappa shape index (κ1) is 17.6. The summed E-state index contributed by atoms with van der Waals surface area (Å²) in [5.41, 5.74) is 0.308. The Morgan fingerprint density at radius 2 is 1.79 bits per heavy atom. The lowest BCUT2D eigenvalue weighted by Crippen LogP contribution is -2.30. The first-order chi connectivity index (χ1) is 11.4. The third kappa shape index (κ3) is 4.38. The van der Waals surface area contributed by atoms with E-state index in [1.807, 2.05) is 0 Å². The van der Waals surface area contributed by atoms with Crippen LogP contribution in [0.1, 0.15) is 30.6 Å². The van der Waals surface area contributed by atoms with Gasteiger partial charge in [-0.2, -0.15) is 0 Å². The van der Waals surface area contributed by atoms with E-state index in [-0.39, 0.29) is 11.5 Å². The summed E-state index contributed by atoms with van der Waals surface area (Å²) in [6.45, 7) is 3.25. The number of nitrogens with one attached hydrogen (secondary N) is 1. The number of hydrogen-bond donors (Lipinski definition) is 1. The van der Waals surface area contributed by atoms with E-state index in [2.05, 4.69) is 5.32 Å². The molecule has 0 saturated heterocycles. The fraction of sp³-hybridized carbons (Fsp3) is 0.222. The highest BCUT2D eigenvalue weighted by atomic mass is 19.1. The van der Waals surface area contributed by atoms with Gasteiger partial charge in [0.1, 0.15) is 17.4 Å². The van der Waals surface area contributed by atoms with E-state index in [1.54, 1.807) is 31.2 Å². The molecule has 1 N–H and O–H groups in total. The second-order valence-electron chi connectivity index (χ2n) is 5.17. The fourth-order valence-corrected chi connectivity index (χ4v) is 2.01. The number of benzene rings is 2. The molecular formula is C18H17F2NO3. The molecule has 2 aromatic rings. The molecule has 6 heteroatoms. The lowest BCUT2D eigenvalue weighted by atomic mass is 10.1. The Hall–Kier alpha value is -2.76. The van der Waals surface area contributed by atoms with E-state index >= 15 is 0 Å². The maximum absolute atomic E-state index is 13.5. The molecule has 2 rings (SSSR count). The minimum absolute atomic E-state index is 0.00826. The van der Waals surface area contributed by atoms with Crippen LogP contribution in [0.2, 0.25) is 0 Å². The quantitative estimate of drug-likeness (QED) is 0.814. The normalized spacial score (nSPS) is 11.7. The number of halogens is 2. The Kier molecular flexibility index (Phi) is 5.63. The highest BCUT2D eigenvalue weighted by molar-refractivity contribution is 5.96. The summed E-state index contributed by atoms with van der Waals surface area (Å²) in [6.07, 6.45) is -0.529. The number of hydrogen-bond acceptors (Lipinski definition) is 3. The minimum atomic E-state index is -0.930. The van der Waals surface area contributed by atoms with Crippen molar-refractivity contribution in [3.63, 3.8) is 0 Å². The molecule has 0 aromatic heterocycles. The van der Waals surface area contributed by atoms with Crippen LogP contribution in [0.4, 0.5) is 14.5 Å². The number of carbonyl (C=O) groups excluding carboxylic acids is 2. The number of ether oxygens (including phenoxy) is 1.